The Morgan fingerprint density at radius 2 is 1.90 bits per heavy atom. The molecule has 1 aromatic carbocycles. The minimum Gasteiger partial charge on any atom is -0.353 e. The van der Waals surface area contributed by atoms with Gasteiger partial charge in [0.2, 0.25) is 5.91 Å². The minimum atomic E-state index is -0.419. The number of pyridine rings is 1. The highest BCUT2D eigenvalue weighted by Gasteiger charge is 2.22. The molecule has 2 aromatic heterocycles. The number of anilines is 3. The number of hydrogen-bond donors (Lipinski definition) is 2. The molecule has 0 unspecified atom stereocenters. The van der Waals surface area contributed by atoms with Crippen molar-refractivity contribution in [2.75, 3.05) is 41.7 Å². The predicted octanol–water partition coefficient (Wildman–Crippen LogP) is 3.21. The van der Waals surface area contributed by atoms with Gasteiger partial charge in [-0.1, -0.05) is 12.1 Å². The quantitative estimate of drug-likeness (QED) is 0.636. The Balaban J connectivity index is 1.26. The lowest BCUT2D eigenvalue weighted by Gasteiger charge is -2.35. The molecule has 3 amide bonds. The number of urea groups is 1. The van der Waals surface area contributed by atoms with Gasteiger partial charge in [-0.2, -0.15) is 0 Å². The van der Waals surface area contributed by atoms with Gasteiger partial charge >= 0.3 is 6.03 Å². The maximum Gasteiger partial charge on any atom is 0.323 e. The van der Waals surface area contributed by atoms with Crippen molar-refractivity contribution in [2.45, 2.75) is 6.42 Å². The van der Waals surface area contributed by atoms with Crippen molar-refractivity contribution in [1.82, 2.24) is 14.9 Å². The first-order valence-corrected chi connectivity index (χ1v) is 10.7. The third kappa shape index (κ3) is 5.54. The molecular weight excluding hydrogens is 419 g/mol. The average Bonchev–Trinajstić information content (AvgIpc) is 3.21. The summed E-state index contributed by atoms with van der Waals surface area (Å²) in [7, 11) is 0. The number of aromatic nitrogens is 2. The maximum atomic E-state index is 13.2. The van der Waals surface area contributed by atoms with Crippen LogP contribution in [0, 0.1) is 5.82 Å². The number of benzene rings is 1. The van der Waals surface area contributed by atoms with Gasteiger partial charge in [0.25, 0.3) is 0 Å². The van der Waals surface area contributed by atoms with Crippen molar-refractivity contribution in [1.29, 1.82) is 0 Å². The Kier molecular flexibility index (Phi) is 6.37. The van der Waals surface area contributed by atoms with Crippen LogP contribution in [0.25, 0.3) is 0 Å². The number of piperazine rings is 1. The molecule has 1 fully saturated rings. The normalized spacial score (nSPS) is 13.7. The molecule has 0 saturated carbocycles. The van der Waals surface area contributed by atoms with Crippen LogP contribution in [-0.4, -0.2) is 53.0 Å². The van der Waals surface area contributed by atoms with Gasteiger partial charge in [0, 0.05) is 43.4 Å². The zero-order valence-electron chi connectivity index (χ0n) is 16.6. The Hall–Kier alpha value is -3.53. The van der Waals surface area contributed by atoms with E-state index in [1.165, 1.54) is 29.5 Å². The number of amides is 3. The summed E-state index contributed by atoms with van der Waals surface area (Å²) in [6, 6.07) is 11.3. The molecule has 2 N–H and O–H groups in total. The summed E-state index contributed by atoms with van der Waals surface area (Å²) < 4.78 is 13.2. The molecule has 3 heterocycles. The van der Waals surface area contributed by atoms with Gasteiger partial charge in [-0.05, 0) is 30.3 Å². The van der Waals surface area contributed by atoms with Crippen LogP contribution < -0.4 is 15.5 Å². The van der Waals surface area contributed by atoms with Crippen molar-refractivity contribution in [2.24, 2.45) is 0 Å². The zero-order chi connectivity index (χ0) is 21.6. The van der Waals surface area contributed by atoms with E-state index in [-0.39, 0.29) is 18.4 Å². The van der Waals surface area contributed by atoms with Crippen molar-refractivity contribution < 1.29 is 14.0 Å². The van der Waals surface area contributed by atoms with Gasteiger partial charge in [-0.15, -0.1) is 11.3 Å². The van der Waals surface area contributed by atoms with E-state index in [0.717, 1.165) is 5.82 Å². The van der Waals surface area contributed by atoms with E-state index in [1.54, 1.807) is 22.5 Å². The number of rotatable bonds is 5. The lowest BCUT2D eigenvalue weighted by Crippen LogP contribution is -2.50. The lowest BCUT2D eigenvalue weighted by atomic mass is 10.3. The van der Waals surface area contributed by atoms with E-state index in [1.807, 2.05) is 18.2 Å². The van der Waals surface area contributed by atoms with Gasteiger partial charge in [0.05, 0.1) is 12.1 Å². The standard InChI is InChI=1S/C21H21FN6O2S/c22-15-4-3-5-16(12-15)24-19(29)13-17-14-31-20(25-17)26-21(30)28-10-8-27(9-11-28)18-6-1-2-7-23-18/h1-7,12,14H,8-11,13H2,(H,24,29)(H,25,26,30). The largest absolute Gasteiger partial charge is 0.353 e. The molecule has 0 bridgehead atoms. The minimum absolute atomic E-state index is 0.0334. The highest BCUT2D eigenvalue weighted by molar-refractivity contribution is 7.13. The number of nitrogens with zero attached hydrogens (tertiary/aromatic N) is 4. The Labute approximate surface area is 182 Å². The second-order valence-electron chi connectivity index (χ2n) is 6.97. The van der Waals surface area contributed by atoms with E-state index in [4.69, 9.17) is 0 Å². The van der Waals surface area contributed by atoms with Crippen molar-refractivity contribution in [3.63, 3.8) is 0 Å². The molecule has 10 heteroatoms. The first-order chi connectivity index (χ1) is 15.1. The molecule has 8 nitrogen and oxygen atoms in total. The fourth-order valence-corrected chi connectivity index (χ4v) is 3.93. The van der Waals surface area contributed by atoms with Crippen LogP contribution >= 0.6 is 11.3 Å². The zero-order valence-corrected chi connectivity index (χ0v) is 17.4. The number of carbonyl (C=O) groups is 2. The molecule has 160 valence electrons. The number of halogens is 1. The van der Waals surface area contributed by atoms with Crippen LogP contribution in [0.4, 0.5) is 25.8 Å². The SMILES string of the molecule is O=C(Cc1csc(NC(=O)N2CCN(c3ccccn3)CC2)n1)Nc1cccc(F)c1. The van der Waals surface area contributed by atoms with Crippen LogP contribution in [0.1, 0.15) is 5.69 Å². The predicted molar refractivity (Wildman–Crippen MR) is 118 cm³/mol. The van der Waals surface area contributed by atoms with Crippen molar-refractivity contribution in [3.8, 4) is 0 Å². The average molecular weight is 441 g/mol. The van der Waals surface area contributed by atoms with Gasteiger partial charge < -0.3 is 15.1 Å². The van der Waals surface area contributed by atoms with Crippen LogP contribution in [0.5, 0.6) is 0 Å². The first kappa shape index (κ1) is 20.7. The van der Waals surface area contributed by atoms with Gasteiger partial charge in [-0.3, -0.25) is 10.1 Å². The molecule has 0 spiro atoms. The molecule has 4 rings (SSSR count). The molecule has 3 aromatic rings. The highest BCUT2D eigenvalue weighted by atomic mass is 32.1. The number of hydrogen-bond acceptors (Lipinski definition) is 6. The van der Waals surface area contributed by atoms with Crippen molar-refractivity contribution in [3.05, 3.63) is 65.6 Å². The van der Waals surface area contributed by atoms with E-state index in [0.29, 0.717) is 42.7 Å². The van der Waals surface area contributed by atoms with Crippen LogP contribution in [0.2, 0.25) is 0 Å². The lowest BCUT2D eigenvalue weighted by molar-refractivity contribution is -0.115. The van der Waals surface area contributed by atoms with E-state index >= 15 is 0 Å². The summed E-state index contributed by atoms with van der Waals surface area (Å²) in [5, 5.41) is 7.58. The molecule has 1 saturated heterocycles. The summed E-state index contributed by atoms with van der Waals surface area (Å²) >= 11 is 1.26. The van der Waals surface area contributed by atoms with E-state index in [9.17, 15) is 14.0 Å². The van der Waals surface area contributed by atoms with Gasteiger partial charge in [-0.25, -0.2) is 19.2 Å². The topological polar surface area (TPSA) is 90.5 Å². The maximum absolute atomic E-state index is 13.2. The first-order valence-electron chi connectivity index (χ1n) is 9.78. The molecule has 0 aliphatic carbocycles. The third-order valence-corrected chi connectivity index (χ3v) is 5.56. The summed E-state index contributed by atoms with van der Waals surface area (Å²) in [4.78, 5) is 37.2. The number of carbonyl (C=O) groups excluding carboxylic acids is 2. The van der Waals surface area contributed by atoms with E-state index < -0.39 is 5.82 Å². The highest BCUT2D eigenvalue weighted by Crippen LogP contribution is 2.18. The van der Waals surface area contributed by atoms with Gasteiger partial charge in [0.15, 0.2) is 5.13 Å². The smallest absolute Gasteiger partial charge is 0.323 e. The molecule has 1 aliphatic rings. The van der Waals surface area contributed by atoms with Crippen molar-refractivity contribution >= 4 is 39.9 Å². The van der Waals surface area contributed by atoms with E-state index in [2.05, 4.69) is 25.5 Å². The molecule has 0 radical (unpaired) electrons. The van der Waals surface area contributed by atoms with Crippen LogP contribution in [0.3, 0.4) is 0 Å². The molecule has 31 heavy (non-hydrogen) atoms. The molecule has 1 aliphatic heterocycles. The Bertz CT molecular complexity index is 1050. The van der Waals surface area contributed by atoms with Crippen LogP contribution in [0.15, 0.2) is 54.0 Å². The molecule has 0 atom stereocenters. The summed E-state index contributed by atoms with van der Waals surface area (Å²) in [6.07, 6.45) is 1.79. The summed E-state index contributed by atoms with van der Waals surface area (Å²) in [5.41, 5.74) is 0.924. The Morgan fingerprint density at radius 3 is 2.65 bits per heavy atom. The van der Waals surface area contributed by atoms with Crippen LogP contribution in [-0.2, 0) is 11.2 Å². The monoisotopic (exact) mass is 440 g/mol. The number of nitrogens with one attached hydrogen (secondary N) is 2. The third-order valence-electron chi connectivity index (χ3n) is 4.76. The summed E-state index contributed by atoms with van der Waals surface area (Å²) in [5.74, 6) is 0.181. The Morgan fingerprint density at radius 1 is 1.06 bits per heavy atom. The number of thiazole rings is 1. The fraction of sp³-hybridized carbons (Fsp3) is 0.238. The molecular formula is C21H21FN6O2S. The second-order valence-corrected chi connectivity index (χ2v) is 7.83. The fourth-order valence-electron chi connectivity index (χ4n) is 3.23. The summed E-state index contributed by atoms with van der Waals surface area (Å²) in [6.45, 7) is 2.56. The second kappa shape index (κ2) is 9.52. The van der Waals surface area contributed by atoms with Gasteiger partial charge in [0.1, 0.15) is 11.6 Å².